The molecule has 0 fully saturated rings. The Balaban J connectivity index is 3.58. The van der Waals surface area contributed by atoms with Crippen LogP contribution in [-0.2, 0) is 6.42 Å². The second kappa shape index (κ2) is 7.13. The molecule has 0 bridgehead atoms. The van der Waals surface area contributed by atoms with Crippen LogP contribution in [0.4, 0.5) is 0 Å². The van der Waals surface area contributed by atoms with E-state index in [4.69, 9.17) is 0 Å². The lowest BCUT2D eigenvalue weighted by Gasteiger charge is -2.15. The maximum absolute atomic E-state index is 4.69. The van der Waals surface area contributed by atoms with Gasteiger partial charge >= 0.3 is 0 Å². The molecule has 0 aliphatic heterocycles. The first-order chi connectivity index (χ1) is 8.92. The van der Waals surface area contributed by atoms with Crippen molar-refractivity contribution in [2.75, 3.05) is 0 Å². The molecule has 2 unspecified atom stereocenters. The molecule has 1 aromatic rings. The van der Waals surface area contributed by atoms with Crippen molar-refractivity contribution in [3.8, 4) is 0 Å². The lowest BCUT2D eigenvalue weighted by Crippen LogP contribution is -2.16. The van der Waals surface area contributed by atoms with Gasteiger partial charge in [-0.25, -0.2) is 0 Å². The number of hydrogen-bond donors (Lipinski definition) is 0. The minimum absolute atomic E-state index is 1.01. The quantitative estimate of drug-likeness (QED) is 0.456. The summed E-state index contributed by atoms with van der Waals surface area (Å²) >= 11 is 0. The summed E-state index contributed by atoms with van der Waals surface area (Å²) in [5, 5.41) is 2.49. The van der Waals surface area contributed by atoms with Crippen molar-refractivity contribution in [3.05, 3.63) is 41.5 Å². The summed E-state index contributed by atoms with van der Waals surface area (Å²) in [7, 11) is 5.67. The van der Waals surface area contributed by atoms with Gasteiger partial charge in [-0.1, -0.05) is 31.7 Å². The van der Waals surface area contributed by atoms with E-state index in [1.807, 2.05) is 19.9 Å². The first-order valence-electron chi connectivity index (χ1n) is 6.44. The average Bonchev–Trinajstić information content (AvgIpc) is 2.36. The van der Waals surface area contributed by atoms with Crippen LogP contribution in [-0.4, -0.2) is 5.71 Å². The fourth-order valence-corrected chi connectivity index (χ4v) is 3.19. The van der Waals surface area contributed by atoms with E-state index in [0.717, 1.165) is 23.4 Å². The highest BCUT2D eigenvalue weighted by Crippen LogP contribution is 2.23. The van der Waals surface area contributed by atoms with E-state index in [2.05, 4.69) is 56.0 Å². The summed E-state index contributed by atoms with van der Waals surface area (Å²) in [5.74, 6) is 0. The van der Waals surface area contributed by atoms with Crippen LogP contribution in [0.2, 0.25) is 0 Å². The zero-order chi connectivity index (χ0) is 14.6. The molecule has 0 N–H and O–H groups in total. The summed E-state index contributed by atoms with van der Waals surface area (Å²) in [5.41, 5.74) is 5.69. The van der Waals surface area contributed by atoms with Gasteiger partial charge in [0.25, 0.3) is 0 Å². The van der Waals surface area contributed by atoms with Crippen molar-refractivity contribution in [2.45, 2.75) is 34.1 Å². The molecule has 0 aromatic heterocycles. The van der Waals surface area contributed by atoms with E-state index >= 15 is 0 Å². The van der Waals surface area contributed by atoms with Crippen LogP contribution in [0.15, 0.2) is 35.4 Å². The minimum Gasteiger partial charge on any atom is -0.258 e. The fourth-order valence-electron chi connectivity index (χ4n) is 1.96. The van der Waals surface area contributed by atoms with Gasteiger partial charge in [-0.3, -0.25) is 4.99 Å². The van der Waals surface area contributed by atoms with E-state index in [1.54, 1.807) is 0 Å². The molecule has 19 heavy (non-hydrogen) atoms. The molecule has 0 amide bonds. The van der Waals surface area contributed by atoms with Crippen LogP contribution in [0.25, 0.3) is 5.70 Å². The van der Waals surface area contributed by atoms with Gasteiger partial charge < -0.3 is 0 Å². The van der Waals surface area contributed by atoms with Crippen molar-refractivity contribution in [1.82, 2.24) is 0 Å². The van der Waals surface area contributed by atoms with Crippen molar-refractivity contribution in [2.24, 2.45) is 4.99 Å². The Kier molecular flexibility index (Phi) is 6.11. The van der Waals surface area contributed by atoms with Gasteiger partial charge in [-0.2, -0.15) is 0 Å². The van der Waals surface area contributed by atoms with Crippen molar-refractivity contribution >= 4 is 40.5 Å². The summed E-state index contributed by atoms with van der Waals surface area (Å²) in [6, 6.07) is 4.28. The molecule has 102 valence electrons. The third-order valence-corrected chi connectivity index (χ3v) is 4.22. The predicted octanol–water partition coefficient (Wildman–Crippen LogP) is 3.65. The van der Waals surface area contributed by atoms with Crippen LogP contribution >= 0.6 is 18.5 Å². The second-order valence-electron chi connectivity index (χ2n) is 4.74. The molecular weight excluding hydrogens is 268 g/mol. The summed E-state index contributed by atoms with van der Waals surface area (Å²) in [4.78, 5) is 4.69. The largest absolute Gasteiger partial charge is 0.258 e. The third kappa shape index (κ3) is 3.85. The fraction of sp³-hybridized carbons (Fsp3) is 0.312. The predicted molar refractivity (Wildman–Crippen MR) is 96.1 cm³/mol. The summed E-state index contributed by atoms with van der Waals surface area (Å²) in [6.45, 7) is 12.1. The Morgan fingerprint density at radius 2 is 1.89 bits per heavy atom. The Labute approximate surface area is 121 Å². The molecule has 1 aromatic carbocycles. The molecule has 0 heterocycles. The van der Waals surface area contributed by atoms with Crippen LogP contribution in [0.3, 0.4) is 0 Å². The van der Waals surface area contributed by atoms with Gasteiger partial charge in [0.1, 0.15) is 0 Å². The number of hydrogen-bond acceptors (Lipinski definition) is 1. The zero-order valence-electron chi connectivity index (χ0n) is 12.2. The van der Waals surface area contributed by atoms with E-state index in [0.29, 0.717) is 0 Å². The SMILES string of the molecule is C=C/C(C)=C(\N=C(C)C)c1ccc(P)c(CC)c1P. The van der Waals surface area contributed by atoms with Gasteiger partial charge in [0, 0.05) is 11.3 Å². The monoisotopic (exact) mass is 291 g/mol. The van der Waals surface area contributed by atoms with E-state index < -0.39 is 0 Å². The van der Waals surface area contributed by atoms with Gasteiger partial charge in [-0.05, 0) is 48.9 Å². The number of benzene rings is 1. The Hall–Kier alpha value is -0.770. The van der Waals surface area contributed by atoms with Crippen molar-refractivity contribution in [1.29, 1.82) is 0 Å². The minimum atomic E-state index is 1.01. The zero-order valence-corrected chi connectivity index (χ0v) is 14.6. The normalized spacial score (nSPS) is 11.9. The van der Waals surface area contributed by atoms with Crippen LogP contribution in [0, 0.1) is 0 Å². The van der Waals surface area contributed by atoms with Crippen molar-refractivity contribution in [3.63, 3.8) is 0 Å². The first-order valence-corrected chi connectivity index (χ1v) is 7.60. The number of aliphatic imine (C=N–C) groups is 1. The standard InChI is InChI=1S/C16H23NP2/c1-6-11(5)15(17-10(3)4)13-8-9-14(18)12(7-2)16(13)19/h6,8-9H,1,7,18-19H2,2-5H3/b15-11-. The molecule has 0 aliphatic rings. The van der Waals surface area contributed by atoms with Crippen molar-refractivity contribution < 1.29 is 0 Å². The van der Waals surface area contributed by atoms with Gasteiger partial charge in [0.2, 0.25) is 0 Å². The second-order valence-corrected chi connectivity index (χ2v) is 5.94. The lowest BCUT2D eigenvalue weighted by atomic mass is 10.0. The molecule has 0 spiro atoms. The maximum atomic E-state index is 4.69. The molecule has 0 saturated heterocycles. The highest BCUT2D eigenvalue weighted by atomic mass is 31.0. The molecule has 3 heteroatoms. The van der Waals surface area contributed by atoms with E-state index in [9.17, 15) is 0 Å². The molecule has 1 rings (SSSR count). The summed E-state index contributed by atoms with van der Waals surface area (Å²) in [6.07, 6.45) is 2.88. The van der Waals surface area contributed by atoms with Crippen LogP contribution in [0.1, 0.15) is 38.8 Å². The molecular formula is C16H23NP2. The summed E-state index contributed by atoms with van der Waals surface area (Å²) < 4.78 is 0. The molecule has 0 aliphatic carbocycles. The first kappa shape index (κ1) is 16.3. The Bertz CT molecular complexity index is 550. The molecule has 1 nitrogen and oxygen atoms in total. The third-order valence-electron chi connectivity index (χ3n) is 3.02. The van der Waals surface area contributed by atoms with Gasteiger partial charge in [-0.15, -0.1) is 18.5 Å². The smallest absolute Gasteiger partial charge is 0.0736 e. The van der Waals surface area contributed by atoms with Gasteiger partial charge in [0.15, 0.2) is 0 Å². The highest BCUT2D eigenvalue weighted by molar-refractivity contribution is 7.30. The van der Waals surface area contributed by atoms with E-state index in [-0.39, 0.29) is 0 Å². The molecule has 0 saturated carbocycles. The molecule has 0 radical (unpaired) electrons. The number of rotatable bonds is 4. The van der Waals surface area contributed by atoms with E-state index in [1.165, 1.54) is 21.7 Å². The van der Waals surface area contributed by atoms with Gasteiger partial charge in [0.05, 0.1) is 5.70 Å². The number of allylic oxidation sites excluding steroid dienone is 2. The topological polar surface area (TPSA) is 12.4 Å². The maximum Gasteiger partial charge on any atom is 0.0736 e. The lowest BCUT2D eigenvalue weighted by molar-refractivity contribution is 1.17. The number of nitrogens with zero attached hydrogens (tertiary/aromatic N) is 1. The molecule has 2 atom stereocenters. The van der Waals surface area contributed by atoms with Crippen LogP contribution < -0.4 is 10.6 Å². The van der Waals surface area contributed by atoms with Crippen LogP contribution in [0.5, 0.6) is 0 Å². The Morgan fingerprint density at radius 1 is 1.26 bits per heavy atom. The average molecular weight is 291 g/mol. The highest BCUT2D eigenvalue weighted by Gasteiger charge is 2.11. The Morgan fingerprint density at radius 3 is 2.37 bits per heavy atom.